The van der Waals surface area contributed by atoms with E-state index in [9.17, 15) is 9.18 Å². The minimum atomic E-state index is -1.28. The summed E-state index contributed by atoms with van der Waals surface area (Å²) in [5.74, 6) is -2.01. The molecule has 0 amide bonds. The zero-order valence-corrected chi connectivity index (χ0v) is 11.5. The van der Waals surface area contributed by atoms with Gasteiger partial charge in [-0.05, 0) is 34.1 Å². The van der Waals surface area contributed by atoms with Crippen LogP contribution in [-0.4, -0.2) is 11.1 Å². The van der Waals surface area contributed by atoms with Gasteiger partial charge in [0.2, 0.25) is 0 Å². The number of carboxylic acids is 1. The number of hydrogen-bond donors (Lipinski definition) is 2. The molecule has 0 bridgehead atoms. The third-order valence-electron chi connectivity index (χ3n) is 2.30. The van der Waals surface area contributed by atoms with Crippen molar-refractivity contribution in [2.45, 2.75) is 6.54 Å². The molecule has 1 aromatic carbocycles. The number of rotatable bonds is 4. The first-order chi connectivity index (χ1) is 8.58. The van der Waals surface area contributed by atoms with Crippen molar-refractivity contribution in [3.8, 4) is 0 Å². The van der Waals surface area contributed by atoms with Crippen LogP contribution in [0.25, 0.3) is 0 Å². The molecule has 0 atom stereocenters. The van der Waals surface area contributed by atoms with Crippen LogP contribution in [-0.2, 0) is 6.54 Å². The smallest absolute Gasteiger partial charge is 0.340 e. The molecular weight excluding hydrogens is 321 g/mol. The Morgan fingerprint density at radius 3 is 2.89 bits per heavy atom. The van der Waals surface area contributed by atoms with Crippen molar-refractivity contribution in [3.63, 3.8) is 0 Å². The second kappa shape index (κ2) is 5.49. The molecule has 0 radical (unpaired) electrons. The minimum Gasteiger partial charge on any atom is -0.478 e. The molecule has 2 N–H and O–H groups in total. The molecule has 0 fully saturated rings. The van der Waals surface area contributed by atoms with Crippen molar-refractivity contribution < 1.29 is 14.3 Å². The number of halogens is 2. The second-order valence-corrected chi connectivity index (χ2v) is 5.46. The van der Waals surface area contributed by atoms with E-state index in [-0.39, 0.29) is 11.3 Å². The lowest BCUT2D eigenvalue weighted by molar-refractivity contribution is 0.0693. The van der Waals surface area contributed by atoms with E-state index in [4.69, 9.17) is 5.11 Å². The van der Waals surface area contributed by atoms with E-state index >= 15 is 0 Å². The summed E-state index contributed by atoms with van der Waals surface area (Å²) in [4.78, 5) is 12.0. The Balaban J connectivity index is 2.19. The molecular formula is C12H9BrFNO2S. The number of benzene rings is 1. The lowest BCUT2D eigenvalue weighted by Crippen LogP contribution is -2.08. The third-order valence-corrected chi connectivity index (χ3v) is 4.00. The summed E-state index contributed by atoms with van der Waals surface area (Å²) in [6.07, 6.45) is 0. The highest BCUT2D eigenvalue weighted by atomic mass is 79.9. The average Bonchev–Trinajstić information content (AvgIpc) is 2.72. The molecule has 0 aliphatic rings. The molecule has 2 rings (SSSR count). The summed E-state index contributed by atoms with van der Waals surface area (Å²) in [6.45, 7) is 0.458. The van der Waals surface area contributed by atoms with Gasteiger partial charge < -0.3 is 10.4 Å². The topological polar surface area (TPSA) is 49.3 Å². The first-order valence-corrected chi connectivity index (χ1v) is 6.74. The highest BCUT2D eigenvalue weighted by Gasteiger charge is 2.15. The van der Waals surface area contributed by atoms with Crippen LogP contribution in [0.3, 0.4) is 0 Å². The first kappa shape index (κ1) is 13.0. The summed E-state index contributed by atoms with van der Waals surface area (Å²) in [6, 6.07) is 6.09. The van der Waals surface area contributed by atoms with E-state index in [1.165, 1.54) is 17.4 Å². The number of carbonyl (C=O) groups is 1. The summed E-state index contributed by atoms with van der Waals surface area (Å²) >= 11 is 4.87. The zero-order chi connectivity index (χ0) is 13.1. The summed E-state index contributed by atoms with van der Waals surface area (Å²) in [5.41, 5.74) is -0.0415. The highest BCUT2D eigenvalue weighted by molar-refractivity contribution is 9.10. The van der Waals surface area contributed by atoms with Crippen LogP contribution in [0.1, 0.15) is 15.2 Å². The van der Waals surface area contributed by atoms with Gasteiger partial charge in [-0.2, -0.15) is 0 Å². The Morgan fingerprint density at radius 2 is 2.28 bits per heavy atom. The normalized spacial score (nSPS) is 10.3. The van der Waals surface area contributed by atoms with Crippen LogP contribution in [0, 0.1) is 5.82 Å². The predicted molar refractivity (Wildman–Crippen MR) is 72.7 cm³/mol. The van der Waals surface area contributed by atoms with Gasteiger partial charge in [0.25, 0.3) is 0 Å². The molecule has 1 heterocycles. The highest BCUT2D eigenvalue weighted by Crippen LogP contribution is 2.23. The Hall–Kier alpha value is -1.40. The predicted octanol–water partition coefficient (Wildman–Crippen LogP) is 3.96. The van der Waals surface area contributed by atoms with Gasteiger partial charge in [-0.3, -0.25) is 0 Å². The maximum absolute atomic E-state index is 13.4. The van der Waals surface area contributed by atoms with Crippen molar-refractivity contribution >= 4 is 38.9 Å². The quantitative estimate of drug-likeness (QED) is 0.892. The SMILES string of the molecule is O=C(O)c1c(F)cccc1NCc1cc(Br)cs1. The van der Waals surface area contributed by atoms with Gasteiger partial charge in [-0.15, -0.1) is 11.3 Å². The lowest BCUT2D eigenvalue weighted by atomic mass is 10.1. The molecule has 18 heavy (non-hydrogen) atoms. The van der Waals surface area contributed by atoms with Crippen LogP contribution in [0.4, 0.5) is 10.1 Å². The maximum atomic E-state index is 13.4. The fraction of sp³-hybridized carbons (Fsp3) is 0.0833. The average molecular weight is 330 g/mol. The molecule has 0 saturated heterocycles. The standard InChI is InChI=1S/C12H9BrFNO2S/c13-7-4-8(18-6-7)5-15-10-3-1-2-9(14)11(10)12(16)17/h1-4,6,15H,5H2,(H,16,17). The fourth-order valence-electron chi connectivity index (χ4n) is 1.52. The lowest BCUT2D eigenvalue weighted by Gasteiger charge is -2.09. The van der Waals surface area contributed by atoms with E-state index in [1.54, 1.807) is 6.07 Å². The molecule has 0 unspecified atom stereocenters. The van der Waals surface area contributed by atoms with Gasteiger partial charge >= 0.3 is 5.97 Å². The number of aromatic carboxylic acids is 1. The van der Waals surface area contributed by atoms with E-state index in [0.717, 1.165) is 15.4 Å². The fourth-order valence-corrected chi connectivity index (χ4v) is 2.91. The number of anilines is 1. The summed E-state index contributed by atoms with van der Waals surface area (Å²) < 4.78 is 14.4. The van der Waals surface area contributed by atoms with Crippen LogP contribution >= 0.6 is 27.3 Å². The van der Waals surface area contributed by atoms with Crippen LogP contribution in [0.5, 0.6) is 0 Å². The molecule has 0 aliphatic carbocycles. The Morgan fingerprint density at radius 1 is 1.50 bits per heavy atom. The van der Waals surface area contributed by atoms with Crippen molar-refractivity contribution in [2.75, 3.05) is 5.32 Å². The van der Waals surface area contributed by atoms with E-state index in [1.807, 2.05) is 11.4 Å². The first-order valence-electron chi connectivity index (χ1n) is 5.06. The van der Waals surface area contributed by atoms with Crippen molar-refractivity contribution in [1.29, 1.82) is 0 Å². The van der Waals surface area contributed by atoms with Gasteiger partial charge in [0.1, 0.15) is 11.4 Å². The molecule has 1 aromatic heterocycles. The molecule has 94 valence electrons. The van der Waals surface area contributed by atoms with Crippen molar-refractivity contribution in [2.24, 2.45) is 0 Å². The summed E-state index contributed by atoms with van der Waals surface area (Å²) in [7, 11) is 0. The molecule has 0 aliphatic heterocycles. The van der Waals surface area contributed by atoms with Gasteiger partial charge in [-0.1, -0.05) is 6.07 Å². The number of thiophene rings is 1. The Kier molecular flexibility index (Phi) is 3.98. The van der Waals surface area contributed by atoms with Crippen LogP contribution in [0.2, 0.25) is 0 Å². The van der Waals surface area contributed by atoms with E-state index in [2.05, 4.69) is 21.2 Å². The third kappa shape index (κ3) is 2.88. The molecule has 2 aromatic rings. The van der Waals surface area contributed by atoms with Gasteiger partial charge in [0.05, 0.1) is 5.69 Å². The minimum absolute atomic E-state index is 0.284. The van der Waals surface area contributed by atoms with Gasteiger partial charge in [-0.25, -0.2) is 9.18 Å². The largest absolute Gasteiger partial charge is 0.478 e. The summed E-state index contributed by atoms with van der Waals surface area (Å²) in [5, 5.41) is 13.8. The number of carboxylic acid groups (broad SMARTS) is 1. The van der Waals surface area contributed by atoms with Crippen LogP contribution < -0.4 is 5.32 Å². The zero-order valence-electron chi connectivity index (χ0n) is 9.11. The maximum Gasteiger partial charge on any atom is 0.340 e. The van der Waals surface area contributed by atoms with E-state index in [0.29, 0.717) is 6.54 Å². The molecule has 0 saturated carbocycles. The van der Waals surface area contributed by atoms with Crippen molar-refractivity contribution in [1.82, 2.24) is 0 Å². The van der Waals surface area contributed by atoms with Crippen molar-refractivity contribution in [3.05, 3.63) is 50.4 Å². The molecule has 6 heteroatoms. The van der Waals surface area contributed by atoms with Crippen LogP contribution in [0.15, 0.2) is 34.1 Å². The number of nitrogens with one attached hydrogen (secondary N) is 1. The van der Waals surface area contributed by atoms with E-state index < -0.39 is 11.8 Å². The van der Waals surface area contributed by atoms with Gasteiger partial charge in [0, 0.05) is 21.3 Å². The van der Waals surface area contributed by atoms with Gasteiger partial charge in [0.15, 0.2) is 0 Å². The monoisotopic (exact) mass is 329 g/mol. The second-order valence-electron chi connectivity index (χ2n) is 3.55. The Labute approximate surface area is 115 Å². The molecule has 0 spiro atoms. The molecule has 3 nitrogen and oxygen atoms in total. The Bertz CT molecular complexity index is 585. The number of hydrogen-bond acceptors (Lipinski definition) is 3.